The van der Waals surface area contributed by atoms with Crippen molar-refractivity contribution in [3.05, 3.63) is 101 Å². The second-order valence-electron chi connectivity index (χ2n) is 6.25. The highest BCUT2D eigenvalue weighted by atomic mass is 19.3. The van der Waals surface area contributed by atoms with Crippen LogP contribution in [0.15, 0.2) is 84.4 Å². The molecule has 0 bridgehead atoms. The Morgan fingerprint density at radius 3 is 2.36 bits per heavy atom. The van der Waals surface area contributed by atoms with Crippen LogP contribution in [0, 0.1) is 0 Å². The Balaban J connectivity index is 1.85. The molecular formula is C23H16F2O3. The quantitative estimate of drug-likeness (QED) is 0.547. The number of Topliss-reactive ketones (excluding diaryl/α,β-unsaturated/α-hetero) is 1. The Labute approximate surface area is 160 Å². The first kappa shape index (κ1) is 17.9. The number of alkyl halides is 2. The summed E-state index contributed by atoms with van der Waals surface area (Å²) in [6.07, 6.45) is 0.913. The summed E-state index contributed by atoms with van der Waals surface area (Å²) in [6, 6.07) is 22.7. The van der Waals surface area contributed by atoms with Crippen LogP contribution in [0.25, 0.3) is 6.08 Å². The zero-order valence-corrected chi connectivity index (χ0v) is 14.7. The maximum atomic E-state index is 13.2. The van der Waals surface area contributed by atoms with E-state index in [9.17, 15) is 13.6 Å². The Kier molecular flexibility index (Phi) is 4.89. The average Bonchev–Trinajstić information content (AvgIpc) is 2.71. The minimum Gasteiger partial charge on any atom is -0.480 e. The summed E-state index contributed by atoms with van der Waals surface area (Å²) < 4.78 is 36.2. The number of para-hydroxylation sites is 2. The van der Waals surface area contributed by atoms with Gasteiger partial charge in [0, 0.05) is 11.1 Å². The third-order valence-electron chi connectivity index (χ3n) is 4.47. The van der Waals surface area contributed by atoms with Crippen LogP contribution in [-0.4, -0.2) is 12.4 Å². The normalized spacial score (nSPS) is 17.3. The van der Waals surface area contributed by atoms with Crippen LogP contribution in [0.3, 0.4) is 0 Å². The van der Waals surface area contributed by atoms with E-state index in [-0.39, 0.29) is 11.5 Å². The molecule has 0 aromatic heterocycles. The molecule has 0 radical (unpaired) electrons. The minimum atomic E-state index is -2.96. The lowest BCUT2D eigenvalue weighted by atomic mass is 9.89. The maximum Gasteiger partial charge on any atom is 0.387 e. The van der Waals surface area contributed by atoms with Crippen LogP contribution < -0.4 is 9.47 Å². The van der Waals surface area contributed by atoms with Gasteiger partial charge >= 0.3 is 6.61 Å². The third-order valence-corrected chi connectivity index (χ3v) is 4.47. The van der Waals surface area contributed by atoms with Gasteiger partial charge in [0.25, 0.3) is 0 Å². The molecule has 28 heavy (non-hydrogen) atoms. The van der Waals surface area contributed by atoms with Crippen LogP contribution >= 0.6 is 0 Å². The molecule has 0 saturated carbocycles. The average molecular weight is 378 g/mol. The molecule has 1 aliphatic heterocycles. The van der Waals surface area contributed by atoms with E-state index in [4.69, 9.17) is 4.74 Å². The molecule has 3 aromatic rings. The zero-order valence-electron chi connectivity index (χ0n) is 14.7. The molecule has 1 heterocycles. The standard InChI is InChI=1S/C23H16F2O3/c24-23(25)28-19-12-6-4-10-16(19)14-18-21(26)17-11-5-7-13-20(17)27-22(18)15-8-2-1-3-9-15/h1-14,22-23H/b18-14-/t22-/m1/s1. The van der Waals surface area contributed by atoms with Gasteiger partial charge in [0.2, 0.25) is 0 Å². The first-order valence-electron chi connectivity index (χ1n) is 8.74. The number of carbonyl (C=O) groups excluding carboxylic acids is 1. The number of carbonyl (C=O) groups is 1. The Morgan fingerprint density at radius 2 is 1.57 bits per heavy atom. The number of hydrogen-bond donors (Lipinski definition) is 0. The molecule has 0 spiro atoms. The van der Waals surface area contributed by atoms with E-state index in [1.807, 2.05) is 30.3 Å². The van der Waals surface area contributed by atoms with Gasteiger partial charge in [0.15, 0.2) is 11.9 Å². The Morgan fingerprint density at radius 1 is 0.893 bits per heavy atom. The van der Waals surface area contributed by atoms with Crippen molar-refractivity contribution >= 4 is 11.9 Å². The smallest absolute Gasteiger partial charge is 0.387 e. The van der Waals surface area contributed by atoms with Gasteiger partial charge in [-0.05, 0) is 29.8 Å². The molecule has 5 heteroatoms. The lowest BCUT2D eigenvalue weighted by Gasteiger charge is -2.28. The molecule has 140 valence electrons. The SMILES string of the molecule is O=C1/C(=C/c2ccccc2OC(F)F)[C@@H](c2ccccc2)Oc2ccccc21. The van der Waals surface area contributed by atoms with E-state index in [2.05, 4.69) is 4.74 Å². The minimum absolute atomic E-state index is 0.00321. The molecule has 1 aliphatic rings. The first-order chi connectivity index (χ1) is 13.6. The van der Waals surface area contributed by atoms with E-state index in [0.29, 0.717) is 22.4 Å². The molecular weight excluding hydrogens is 362 g/mol. The molecule has 4 rings (SSSR count). The Bertz CT molecular complexity index is 1030. The molecule has 0 N–H and O–H groups in total. The summed E-state index contributed by atoms with van der Waals surface area (Å²) in [5.74, 6) is 0.293. The number of hydrogen-bond acceptors (Lipinski definition) is 3. The molecule has 0 unspecified atom stereocenters. The van der Waals surface area contributed by atoms with Gasteiger partial charge in [-0.3, -0.25) is 4.79 Å². The van der Waals surface area contributed by atoms with Crippen molar-refractivity contribution in [2.24, 2.45) is 0 Å². The second kappa shape index (κ2) is 7.64. The van der Waals surface area contributed by atoms with Gasteiger partial charge in [-0.15, -0.1) is 0 Å². The highest BCUT2D eigenvalue weighted by molar-refractivity contribution is 6.14. The lowest BCUT2D eigenvalue weighted by molar-refractivity contribution is -0.0499. The van der Waals surface area contributed by atoms with Gasteiger partial charge in [0.1, 0.15) is 11.5 Å². The molecule has 0 saturated heterocycles. The van der Waals surface area contributed by atoms with Crippen LogP contribution in [0.4, 0.5) is 8.78 Å². The van der Waals surface area contributed by atoms with E-state index in [0.717, 1.165) is 5.56 Å². The number of fused-ring (bicyclic) bond motifs is 1. The molecule has 3 nitrogen and oxygen atoms in total. The summed E-state index contributed by atoms with van der Waals surface area (Å²) in [6.45, 7) is -2.96. The molecule has 0 fully saturated rings. The molecule has 1 atom stereocenters. The van der Waals surface area contributed by atoms with Gasteiger partial charge in [0.05, 0.1) is 5.56 Å². The van der Waals surface area contributed by atoms with Crippen molar-refractivity contribution in [3.8, 4) is 11.5 Å². The number of ether oxygens (including phenoxy) is 2. The van der Waals surface area contributed by atoms with Crippen molar-refractivity contribution in [1.82, 2.24) is 0 Å². The number of benzene rings is 3. The van der Waals surface area contributed by atoms with Crippen molar-refractivity contribution in [3.63, 3.8) is 0 Å². The molecule has 3 aromatic carbocycles. The van der Waals surface area contributed by atoms with E-state index in [1.165, 1.54) is 6.07 Å². The number of halogens is 2. The summed E-state index contributed by atoms with van der Waals surface area (Å²) in [4.78, 5) is 13.2. The van der Waals surface area contributed by atoms with E-state index < -0.39 is 12.7 Å². The summed E-state index contributed by atoms with van der Waals surface area (Å²) in [5.41, 5.74) is 1.97. The lowest BCUT2D eigenvalue weighted by Crippen LogP contribution is -2.23. The monoisotopic (exact) mass is 378 g/mol. The highest BCUT2D eigenvalue weighted by Crippen LogP contribution is 2.39. The van der Waals surface area contributed by atoms with Crippen LogP contribution in [-0.2, 0) is 0 Å². The van der Waals surface area contributed by atoms with Crippen molar-refractivity contribution < 1.29 is 23.0 Å². The summed E-state index contributed by atoms with van der Waals surface area (Å²) in [7, 11) is 0. The van der Waals surface area contributed by atoms with Crippen LogP contribution in [0.2, 0.25) is 0 Å². The van der Waals surface area contributed by atoms with Gasteiger partial charge < -0.3 is 9.47 Å². The van der Waals surface area contributed by atoms with Crippen molar-refractivity contribution in [1.29, 1.82) is 0 Å². The predicted octanol–water partition coefficient (Wildman–Crippen LogP) is 5.69. The van der Waals surface area contributed by atoms with Crippen molar-refractivity contribution in [2.75, 3.05) is 0 Å². The van der Waals surface area contributed by atoms with Crippen molar-refractivity contribution in [2.45, 2.75) is 12.7 Å². The van der Waals surface area contributed by atoms with Crippen LogP contribution in [0.1, 0.15) is 27.6 Å². The fraction of sp³-hybridized carbons (Fsp3) is 0.0870. The highest BCUT2D eigenvalue weighted by Gasteiger charge is 2.33. The summed E-state index contributed by atoms with van der Waals surface area (Å²) >= 11 is 0. The maximum absolute atomic E-state index is 13.2. The Hall–Kier alpha value is -3.47. The fourth-order valence-corrected chi connectivity index (χ4v) is 3.21. The van der Waals surface area contributed by atoms with Gasteiger partial charge in [-0.1, -0.05) is 60.7 Å². The van der Waals surface area contributed by atoms with Crippen LogP contribution in [0.5, 0.6) is 11.5 Å². The van der Waals surface area contributed by atoms with E-state index in [1.54, 1.807) is 48.5 Å². The van der Waals surface area contributed by atoms with Gasteiger partial charge in [-0.2, -0.15) is 8.78 Å². The number of rotatable bonds is 4. The number of ketones is 1. The van der Waals surface area contributed by atoms with E-state index >= 15 is 0 Å². The topological polar surface area (TPSA) is 35.5 Å². The zero-order chi connectivity index (χ0) is 19.5. The largest absolute Gasteiger partial charge is 0.480 e. The van der Waals surface area contributed by atoms with Gasteiger partial charge in [-0.25, -0.2) is 0 Å². The predicted molar refractivity (Wildman–Crippen MR) is 102 cm³/mol. The second-order valence-corrected chi connectivity index (χ2v) is 6.25. The fourth-order valence-electron chi connectivity index (χ4n) is 3.21. The summed E-state index contributed by atoms with van der Waals surface area (Å²) in [5, 5.41) is 0. The third kappa shape index (κ3) is 3.51. The molecule has 0 amide bonds. The molecule has 0 aliphatic carbocycles. The first-order valence-corrected chi connectivity index (χ1v) is 8.74.